The largest absolute Gasteiger partial charge is 0.484 e. The summed E-state index contributed by atoms with van der Waals surface area (Å²) in [6.45, 7) is 9.85. The first-order chi connectivity index (χ1) is 36.1. The van der Waals surface area contributed by atoms with Gasteiger partial charge in [0, 0.05) is 50.3 Å². The van der Waals surface area contributed by atoms with Crippen molar-refractivity contribution in [3.63, 3.8) is 0 Å². The van der Waals surface area contributed by atoms with E-state index in [1.54, 1.807) is 40.7 Å². The van der Waals surface area contributed by atoms with Crippen LogP contribution >= 0.6 is 11.3 Å². The average molecular weight is 1090 g/mol. The molecule has 6 aromatic rings. The van der Waals surface area contributed by atoms with E-state index < -0.39 is 63.1 Å². The molecule has 0 bridgehead atoms. The van der Waals surface area contributed by atoms with E-state index in [9.17, 15) is 45.9 Å². The van der Waals surface area contributed by atoms with Gasteiger partial charge in [-0.25, -0.2) is 17.8 Å². The van der Waals surface area contributed by atoms with E-state index in [-0.39, 0.29) is 71.8 Å². The Hall–Kier alpha value is -7.31. The van der Waals surface area contributed by atoms with Gasteiger partial charge < -0.3 is 36.4 Å². The van der Waals surface area contributed by atoms with Crippen molar-refractivity contribution >= 4 is 62.3 Å². The number of ether oxygens (including phenoxy) is 1. The molecule has 4 heterocycles. The standard InChI is InChI=1S/C52H62F3N11O8S2/c1-30-45(75-29-58-30)34-14-12-32(13-15-34)27-57-49(70)39-26-37(67)28-66(39)50(71)46(52(3,4)5)60-42(68)11-9-7-6-8-10-23-65-24-22-41(63-65)59-48-43(47(56)69)44(61-62-48)35-18-21-38(64-76(72,73)51(54)55)40(25-35)74-31(2)33-16-19-36(53)20-17-33/h12-22,24-25,29,31,37,39,46,51,64,67H,6-11,23,26-28H2,1-5H3,(H2,56,69)(H,57,70)(H,60,68)(H2,59,61,62,63)/t31-,37+,39-,46+/m0/s1. The number of anilines is 3. The van der Waals surface area contributed by atoms with Gasteiger partial charge in [0.15, 0.2) is 11.6 Å². The molecule has 1 aliphatic heterocycles. The molecule has 0 radical (unpaired) electrons. The van der Waals surface area contributed by atoms with E-state index in [4.69, 9.17) is 10.5 Å². The van der Waals surface area contributed by atoms with Crippen LogP contribution in [0.1, 0.15) is 106 Å². The van der Waals surface area contributed by atoms with E-state index in [2.05, 4.69) is 36.2 Å². The van der Waals surface area contributed by atoms with E-state index >= 15 is 0 Å². The van der Waals surface area contributed by atoms with Crippen LogP contribution in [0.2, 0.25) is 0 Å². The number of sulfonamides is 1. The van der Waals surface area contributed by atoms with E-state index in [1.165, 1.54) is 47.4 Å². The molecule has 4 amide bonds. The molecule has 76 heavy (non-hydrogen) atoms. The summed E-state index contributed by atoms with van der Waals surface area (Å²) in [6, 6.07) is 16.8. The van der Waals surface area contributed by atoms with Gasteiger partial charge in [-0.1, -0.05) is 82.5 Å². The van der Waals surface area contributed by atoms with Crippen LogP contribution in [0.4, 0.5) is 30.5 Å². The molecule has 0 aliphatic carbocycles. The lowest BCUT2D eigenvalue weighted by atomic mass is 9.85. The number of aliphatic hydroxyl groups excluding tert-OH is 1. The van der Waals surface area contributed by atoms with Crippen LogP contribution in [0, 0.1) is 18.2 Å². The van der Waals surface area contributed by atoms with Gasteiger partial charge in [-0.3, -0.25) is 33.7 Å². The summed E-state index contributed by atoms with van der Waals surface area (Å²) in [7, 11) is -5.11. The maximum Gasteiger partial charge on any atom is 0.355 e. The van der Waals surface area contributed by atoms with Crippen molar-refractivity contribution in [3.8, 4) is 27.4 Å². The number of H-pyrrole nitrogens is 1. The first kappa shape index (κ1) is 56.4. The zero-order valence-corrected chi connectivity index (χ0v) is 44.2. The number of aryl methyl sites for hydroxylation is 2. The molecule has 8 N–H and O–H groups in total. The zero-order chi connectivity index (χ0) is 54.9. The summed E-state index contributed by atoms with van der Waals surface area (Å²) in [4.78, 5) is 60.4. The van der Waals surface area contributed by atoms with E-state index in [1.807, 2.05) is 56.7 Å². The van der Waals surface area contributed by atoms with Gasteiger partial charge in [-0.2, -0.15) is 19.0 Å². The summed E-state index contributed by atoms with van der Waals surface area (Å²) in [5.41, 5.74) is 10.2. The SMILES string of the molecule is Cc1ncsc1-c1ccc(CNC(=O)[C@@H]2C[C@@H](O)CN2C(=O)[C@@H](NC(=O)CCCCCCCn2ccc(Nc3n[nH]c(-c4ccc(NS(=O)(=O)C(F)F)c(O[C@@H](C)c5ccc(F)cc5)c4)c3C(N)=O)n2)C(C)(C)C)cc1. The van der Waals surface area contributed by atoms with Gasteiger partial charge in [-0.05, 0) is 73.1 Å². The highest BCUT2D eigenvalue weighted by molar-refractivity contribution is 7.93. The molecular weight excluding hydrogens is 1030 g/mol. The number of carbonyl (C=O) groups is 4. The van der Waals surface area contributed by atoms with Crippen molar-refractivity contribution in [1.82, 2.24) is 40.5 Å². The molecular formula is C52H62F3N11O8S2. The van der Waals surface area contributed by atoms with Gasteiger partial charge in [0.1, 0.15) is 35.3 Å². The Kier molecular flexibility index (Phi) is 18.2. The van der Waals surface area contributed by atoms with Crippen molar-refractivity contribution in [3.05, 3.63) is 113 Å². The van der Waals surface area contributed by atoms with Crippen molar-refractivity contribution in [2.75, 3.05) is 16.6 Å². The highest BCUT2D eigenvalue weighted by Crippen LogP contribution is 2.37. The number of amides is 4. The molecule has 406 valence electrons. The van der Waals surface area contributed by atoms with Crippen LogP contribution in [0.5, 0.6) is 5.75 Å². The van der Waals surface area contributed by atoms with Gasteiger partial charge >= 0.3 is 5.76 Å². The third-order valence-electron chi connectivity index (χ3n) is 12.8. The number of nitrogens with zero attached hydrogens (tertiary/aromatic N) is 5. The summed E-state index contributed by atoms with van der Waals surface area (Å²) < 4.78 is 74.2. The van der Waals surface area contributed by atoms with Crippen LogP contribution < -0.4 is 31.1 Å². The number of carbonyl (C=O) groups excluding carboxylic acids is 4. The topological polar surface area (TPSA) is 269 Å². The summed E-state index contributed by atoms with van der Waals surface area (Å²) in [5, 5.41) is 31.0. The summed E-state index contributed by atoms with van der Waals surface area (Å²) >= 11 is 1.56. The Morgan fingerprint density at radius 1 is 0.974 bits per heavy atom. The molecule has 0 saturated carbocycles. The number of aliphatic hydroxyl groups is 1. The Labute approximate surface area is 442 Å². The van der Waals surface area contributed by atoms with Crippen molar-refractivity contribution < 1.29 is 50.6 Å². The number of rotatable bonds is 24. The maximum atomic E-state index is 14.1. The Morgan fingerprint density at radius 2 is 1.67 bits per heavy atom. The van der Waals surface area contributed by atoms with E-state index in [0.717, 1.165) is 47.4 Å². The number of primary amides is 1. The monoisotopic (exact) mass is 1090 g/mol. The third kappa shape index (κ3) is 14.3. The van der Waals surface area contributed by atoms with Crippen LogP contribution in [0.3, 0.4) is 0 Å². The fraction of sp³-hybridized carbons (Fsp3) is 0.404. The summed E-state index contributed by atoms with van der Waals surface area (Å²) in [6.07, 6.45) is 4.10. The Balaban J connectivity index is 0.874. The molecule has 1 saturated heterocycles. The smallest absolute Gasteiger partial charge is 0.355 e. The van der Waals surface area contributed by atoms with Gasteiger partial charge in [0.05, 0.1) is 33.6 Å². The highest BCUT2D eigenvalue weighted by atomic mass is 32.2. The molecule has 1 fully saturated rings. The molecule has 3 aromatic carbocycles. The number of thiazole rings is 1. The molecule has 7 rings (SSSR count). The van der Waals surface area contributed by atoms with Crippen LogP contribution in [-0.4, -0.2) is 97.5 Å². The van der Waals surface area contributed by atoms with Gasteiger partial charge in [-0.15, -0.1) is 11.3 Å². The predicted octanol–water partition coefficient (Wildman–Crippen LogP) is 7.94. The third-order valence-corrected chi connectivity index (χ3v) is 14.8. The molecule has 0 unspecified atom stereocenters. The number of aromatic nitrogens is 5. The Morgan fingerprint density at radius 3 is 2.34 bits per heavy atom. The quantitative estimate of drug-likeness (QED) is 0.0285. The zero-order valence-electron chi connectivity index (χ0n) is 42.6. The fourth-order valence-electron chi connectivity index (χ4n) is 8.71. The second-order valence-electron chi connectivity index (χ2n) is 19.7. The second-order valence-corrected chi connectivity index (χ2v) is 22.2. The molecule has 4 atom stereocenters. The normalized spacial score (nSPS) is 15.6. The van der Waals surface area contributed by atoms with Crippen molar-refractivity contribution in [2.24, 2.45) is 11.1 Å². The van der Waals surface area contributed by atoms with Gasteiger partial charge in [0.25, 0.3) is 15.9 Å². The van der Waals surface area contributed by atoms with Gasteiger partial charge in [0.2, 0.25) is 17.7 Å². The molecule has 3 aromatic heterocycles. The number of hydrogen-bond acceptors (Lipinski definition) is 13. The summed E-state index contributed by atoms with van der Waals surface area (Å²) in [5.74, 6) is -6.03. The average Bonchev–Trinajstić information content (AvgIpc) is 4.21. The molecule has 24 heteroatoms. The minimum Gasteiger partial charge on any atom is -0.484 e. The lowest BCUT2D eigenvalue weighted by molar-refractivity contribution is -0.144. The second kappa shape index (κ2) is 24.6. The maximum absolute atomic E-state index is 14.1. The molecule has 1 aliphatic rings. The number of nitrogens with two attached hydrogens (primary N) is 1. The fourth-order valence-corrected chi connectivity index (χ4v) is 10.1. The highest BCUT2D eigenvalue weighted by Gasteiger charge is 2.44. The first-order valence-corrected chi connectivity index (χ1v) is 27.1. The minimum absolute atomic E-state index is 0.0228. The van der Waals surface area contributed by atoms with Crippen molar-refractivity contribution in [1.29, 1.82) is 0 Å². The number of aromatic amines is 1. The lowest BCUT2D eigenvalue weighted by Gasteiger charge is -2.35. The van der Waals surface area contributed by atoms with E-state index in [0.29, 0.717) is 24.3 Å². The number of hydrogen-bond donors (Lipinski definition) is 7. The number of alkyl halides is 2. The minimum atomic E-state index is -5.11. The number of unbranched alkanes of at least 4 members (excludes halogenated alkanes) is 4. The van der Waals surface area contributed by atoms with Crippen LogP contribution in [0.15, 0.2) is 84.5 Å². The molecule has 19 nitrogen and oxygen atoms in total. The number of β-amino-alcohol motifs (C(OH)–C–C–N with tert-alkyl or cyclic N) is 1. The number of likely N-dealkylation sites (tertiary alicyclic amines) is 1. The van der Waals surface area contributed by atoms with Crippen LogP contribution in [0.25, 0.3) is 21.7 Å². The Bertz CT molecular complexity index is 3110. The predicted molar refractivity (Wildman–Crippen MR) is 281 cm³/mol. The number of nitrogens with one attached hydrogen (secondary N) is 5. The molecule has 0 spiro atoms. The van der Waals surface area contributed by atoms with Crippen molar-refractivity contribution in [2.45, 2.75) is 123 Å². The number of halogens is 3. The van der Waals surface area contributed by atoms with Crippen LogP contribution in [-0.2, 0) is 37.5 Å². The first-order valence-electron chi connectivity index (χ1n) is 24.7. The number of benzene rings is 3. The lowest BCUT2D eigenvalue weighted by Crippen LogP contribution is -2.57.